The van der Waals surface area contributed by atoms with Crippen LogP contribution in [-0.2, 0) is 6.54 Å². The molecular weight excluding hydrogens is 426 g/mol. The maximum atomic E-state index is 10.9. The van der Waals surface area contributed by atoms with Gasteiger partial charge in [-0.05, 0) is 44.7 Å². The molecule has 0 fully saturated rings. The van der Waals surface area contributed by atoms with Crippen molar-refractivity contribution in [3.05, 3.63) is 83.4 Å². The minimum atomic E-state index is 0.0445. The molecule has 0 saturated carbocycles. The van der Waals surface area contributed by atoms with Crippen molar-refractivity contribution in [1.29, 1.82) is 0 Å². The highest BCUT2D eigenvalue weighted by molar-refractivity contribution is 6.22. The molecule has 6 heteroatoms. The van der Waals surface area contributed by atoms with Crippen molar-refractivity contribution in [2.24, 2.45) is 4.99 Å². The van der Waals surface area contributed by atoms with Crippen molar-refractivity contribution in [3.8, 4) is 17.4 Å². The summed E-state index contributed by atoms with van der Waals surface area (Å²) in [5, 5.41) is 11.7. The van der Waals surface area contributed by atoms with Crippen LogP contribution in [0.3, 0.4) is 0 Å². The summed E-state index contributed by atoms with van der Waals surface area (Å²) in [5.41, 5.74) is 4.96. The van der Waals surface area contributed by atoms with E-state index in [1.165, 1.54) is 5.56 Å². The van der Waals surface area contributed by atoms with Crippen LogP contribution in [0.1, 0.15) is 30.5 Å². The van der Waals surface area contributed by atoms with Gasteiger partial charge in [-0.2, -0.15) is 0 Å². The quantitative estimate of drug-likeness (QED) is 0.323. The highest BCUT2D eigenvalue weighted by Crippen LogP contribution is 2.38. The van der Waals surface area contributed by atoms with Gasteiger partial charge in [0, 0.05) is 29.6 Å². The third kappa shape index (κ3) is 4.77. The zero-order valence-electron chi connectivity index (χ0n) is 20.3. The summed E-state index contributed by atoms with van der Waals surface area (Å²) in [6.45, 7) is 5.24. The Labute approximate surface area is 200 Å². The van der Waals surface area contributed by atoms with Crippen LogP contribution in [0, 0.1) is 0 Å². The van der Waals surface area contributed by atoms with E-state index in [1.807, 2.05) is 54.6 Å². The van der Waals surface area contributed by atoms with E-state index in [-0.39, 0.29) is 5.88 Å². The van der Waals surface area contributed by atoms with E-state index in [0.29, 0.717) is 28.8 Å². The van der Waals surface area contributed by atoms with Crippen LogP contribution < -0.4 is 9.47 Å². The summed E-state index contributed by atoms with van der Waals surface area (Å²) < 4.78 is 10.9. The molecule has 0 amide bonds. The van der Waals surface area contributed by atoms with Crippen LogP contribution in [-0.4, -0.2) is 48.0 Å². The molecule has 4 rings (SSSR count). The smallest absolute Gasteiger partial charge is 0.199 e. The number of benzene rings is 3. The van der Waals surface area contributed by atoms with Crippen molar-refractivity contribution in [2.45, 2.75) is 26.4 Å². The minimum Gasteiger partial charge on any atom is -0.494 e. The standard InChI is InChI=1S/C28H31N3O3/c1-18(2)31(3)17-19-11-13-21(14-12-19)29-27(20-9-7-6-8-10-20)26-22-15-24(33-4)25(34-5)16-23(22)30-28(26)32/h6-16,18,30,32H,17H2,1-5H3. The number of hydrogen-bond acceptors (Lipinski definition) is 5. The van der Waals surface area contributed by atoms with Crippen molar-refractivity contribution in [2.75, 3.05) is 21.3 Å². The Morgan fingerprint density at radius 1 is 0.971 bits per heavy atom. The van der Waals surface area contributed by atoms with Gasteiger partial charge in [-0.3, -0.25) is 4.90 Å². The van der Waals surface area contributed by atoms with Gasteiger partial charge in [-0.1, -0.05) is 42.5 Å². The molecule has 1 heterocycles. The summed E-state index contributed by atoms with van der Waals surface area (Å²) >= 11 is 0. The van der Waals surface area contributed by atoms with E-state index < -0.39 is 0 Å². The lowest BCUT2D eigenvalue weighted by molar-refractivity contribution is 0.266. The van der Waals surface area contributed by atoms with Gasteiger partial charge in [-0.25, -0.2) is 4.99 Å². The number of methoxy groups -OCH3 is 2. The number of hydrogen-bond donors (Lipinski definition) is 2. The number of aromatic nitrogens is 1. The third-order valence-electron chi connectivity index (χ3n) is 6.06. The van der Waals surface area contributed by atoms with Gasteiger partial charge in [0.2, 0.25) is 0 Å². The first kappa shape index (κ1) is 23.4. The zero-order valence-corrected chi connectivity index (χ0v) is 20.3. The number of ether oxygens (including phenoxy) is 2. The molecular formula is C28H31N3O3. The number of aromatic amines is 1. The van der Waals surface area contributed by atoms with E-state index >= 15 is 0 Å². The molecule has 176 valence electrons. The predicted molar refractivity (Wildman–Crippen MR) is 138 cm³/mol. The van der Waals surface area contributed by atoms with Crippen molar-refractivity contribution >= 4 is 22.3 Å². The van der Waals surface area contributed by atoms with Gasteiger partial charge in [0.15, 0.2) is 17.4 Å². The van der Waals surface area contributed by atoms with Crippen LogP contribution in [0.5, 0.6) is 17.4 Å². The van der Waals surface area contributed by atoms with E-state index in [2.05, 4.69) is 42.9 Å². The predicted octanol–water partition coefficient (Wildman–Crippen LogP) is 5.90. The molecule has 0 aliphatic heterocycles. The fraction of sp³-hybridized carbons (Fsp3) is 0.250. The number of H-pyrrole nitrogens is 1. The third-order valence-corrected chi connectivity index (χ3v) is 6.06. The molecule has 34 heavy (non-hydrogen) atoms. The second kappa shape index (κ2) is 10.0. The Bertz CT molecular complexity index is 1290. The molecule has 3 aromatic carbocycles. The SMILES string of the molecule is COc1cc2[nH]c(O)c(C(=Nc3ccc(CN(C)C(C)C)cc3)c3ccccc3)c2cc1OC. The fourth-order valence-corrected chi connectivity index (χ4v) is 3.88. The fourth-order valence-electron chi connectivity index (χ4n) is 3.88. The molecule has 4 aromatic rings. The highest BCUT2D eigenvalue weighted by atomic mass is 16.5. The Balaban J connectivity index is 1.83. The first-order chi connectivity index (χ1) is 16.4. The van der Waals surface area contributed by atoms with E-state index in [1.54, 1.807) is 14.2 Å². The number of aromatic hydroxyl groups is 1. The van der Waals surface area contributed by atoms with Crippen LogP contribution in [0.4, 0.5) is 5.69 Å². The molecule has 0 spiro atoms. The van der Waals surface area contributed by atoms with Gasteiger partial charge in [0.25, 0.3) is 0 Å². The summed E-state index contributed by atoms with van der Waals surface area (Å²) in [7, 11) is 5.31. The van der Waals surface area contributed by atoms with Crippen molar-refractivity contribution in [3.63, 3.8) is 0 Å². The van der Waals surface area contributed by atoms with Gasteiger partial charge in [0.05, 0.1) is 36.7 Å². The Morgan fingerprint density at radius 3 is 2.24 bits per heavy atom. The maximum Gasteiger partial charge on any atom is 0.199 e. The van der Waals surface area contributed by atoms with E-state index in [9.17, 15) is 5.11 Å². The molecule has 6 nitrogen and oxygen atoms in total. The van der Waals surface area contributed by atoms with Gasteiger partial charge >= 0.3 is 0 Å². The number of rotatable bonds is 8. The molecule has 0 unspecified atom stereocenters. The summed E-state index contributed by atoms with van der Waals surface area (Å²) in [6, 6.07) is 22.3. The van der Waals surface area contributed by atoms with Crippen molar-refractivity contribution in [1.82, 2.24) is 9.88 Å². The molecule has 0 aliphatic rings. The van der Waals surface area contributed by atoms with Gasteiger partial charge in [0.1, 0.15) is 0 Å². The van der Waals surface area contributed by atoms with Crippen molar-refractivity contribution < 1.29 is 14.6 Å². The molecule has 0 aliphatic carbocycles. The van der Waals surface area contributed by atoms with Crippen LogP contribution >= 0.6 is 0 Å². The Morgan fingerprint density at radius 2 is 1.62 bits per heavy atom. The number of nitrogens with one attached hydrogen (secondary N) is 1. The van der Waals surface area contributed by atoms with Gasteiger partial charge < -0.3 is 19.6 Å². The largest absolute Gasteiger partial charge is 0.494 e. The lowest BCUT2D eigenvalue weighted by Gasteiger charge is -2.20. The second-order valence-electron chi connectivity index (χ2n) is 8.60. The number of nitrogens with zero attached hydrogens (tertiary/aromatic N) is 2. The molecule has 0 atom stereocenters. The topological polar surface area (TPSA) is 70.1 Å². The van der Waals surface area contributed by atoms with Crippen LogP contribution in [0.2, 0.25) is 0 Å². The van der Waals surface area contributed by atoms with E-state index in [4.69, 9.17) is 14.5 Å². The Kier molecular flexibility index (Phi) is 6.89. The summed E-state index contributed by atoms with van der Waals surface area (Å²) in [4.78, 5) is 10.3. The summed E-state index contributed by atoms with van der Waals surface area (Å²) in [5.74, 6) is 1.22. The number of aliphatic imine (C=N–C) groups is 1. The van der Waals surface area contributed by atoms with Crippen LogP contribution in [0.25, 0.3) is 10.9 Å². The lowest BCUT2D eigenvalue weighted by atomic mass is 10.0. The highest BCUT2D eigenvalue weighted by Gasteiger charge is 2.21. The van der Waals surface area contributed by atoms with Gasteiger partial charge in [-0.15, -0.1) is 0 Å². The molecule has 0 bridgehead atoms. The zero-order chi connectivity index (χ0) is 24.2. The Hall–Kier alpha value is -3.77. The molecule has 2 N–H and O–H groups in total. The van der Waals surface area contributed by atoms with E-state index in [0.717, 1.165) is 28.7 Å². The average molecular weight is 458 g/mol. The monoisotopic (exact) mass is 457 g/mol. The minimum absolute atomic E-state index is 0.0445. The lowest BCUT2D eigenvalue weighted by Crippen LogP contribution is -2.25. The molecule has 1 aromatic heterocycles. The normalized spacial score (nSPS) is 12.0. The summed E-state index contributed by atoms with van der Waals surface area (Å²) in [6.07, 6.45) is 0. The van der Waals surface area contributed by atoms with Crippen LogP contribution in [0.15, 0.2) is 71.7 Å². The molecule has 0 radical (unpaired) electrons. The number of fused-ring (bicyclic) bond motifs is 1. The maximum absolute atomic E-state index is 10.9. The first-order valence-electron chi connectivity index (χ1n) is 11.3. The second-order valence-corrected chi connectivity index (χ2v) is 8.60. The first-order valence-corrected chi connectivity index (χ1v) is 11.3. The molecule has 0 saturated heterocycles. The average Bonchev–Trinajstić information content (AvgIpc) is 3.17.